The van der Waals surface area contributed by atoms with Crippen LogP contribution in [0.15, 0.2) is 63.8 Å². The van der Waals surface area contributed by atoms with Crippen LogP contribution >= 0.6 is 0 Å². The molecule has 0 aliphatic carbocycles. The fourth-order valence-corrected chi connectivity index (χ4v) is 2.88. The minimum Gasteiger partial charge on any atom is -0.468 e. The van der Waals surface area contributed by atoms with Gasteiger partial charge in [-0.05, 0) is 24.1 Å². The highest BCUT2D eigenvalue weighted by molar-refractivity contribution is 5.77. The van der Waals surface area contributed by atoms with Crippen molar-refractivity contribution in [2.45, 2.75) is 19.3 Å². The summed E-state index contributed by atoms with van der Waals surface area (Å²) in [5.41, 5.74) is 2.21. The molecular weight excluding hydrogens is 276 g/mol. The van der Waals surface area contributed by atoms with Crippen molar-refractivity contribution in [3.63, 3.8) is 0 Å². The van der Waals surface area contributed by atoms with E-state index in [1.807, 2.05) is 42.5 Å². The van der Waals surface area contributed by atoms with Gasteiger partial charge in [0.25, 0.3) is 5.95 Å². The van der Waals surface area contributed by atoms with Crippen molar-refractivity contribution in [3.8, 4) is 5.95 Å². The van der Waals surface area contributed by atoms with Gasteiger partial charge >= 0.3 is 0 Å². The third-order valence-electron chi connectivity index (χ3n) is 3.94. The highest BCUT2D eigenvalue weighted by atomic mass is 16.6. The van der Waals surface area contributed by atoms with E-state index in [0.717, 1.165) is 12.0 Å². The number of hydrogen-bond acceptors (Lipinski definition) is 3. The van der Waals surface area contributed by atoms with Crippen LogP contribution in [0.5, 0.6) is 5.95 Å². The average Bonchev–Trinajstić information content (AvgIpc) is 2.58. The number of fused-ring (bicyclic) bond motifs is 1. The zero-order chi connectivity index (χ0) is 15.5. The Morgan fingerprint density at radius 3 is 2.41 bits per heavy atom. The highest BCUT2D eigenvalue weighted by Crippen LogP contribution is 2.33. The van der Waals surface area contributed by atoms with E-state index in [1.54, 1.807) is 12.1 Å². The average molecular weight is 294 g/mol. The molecule has 22 heavy (non-hydrogen) atoms. The summed E-state index contributed by atoms with van der Waals surface area (Å²) < 4.78 is 11.2. The van der Waals surface area contributed by atoms with Gasteiger partial charge in [0, 0.05) is 5.92 Å². The van der Waals surface area contributed by atoms with Gasteiger partial charge in [-0.3, -0.25) is 4.79 Å². The molecule has 0 bridgehead atoms. The van der Waals surface area contributed by atoms with Gasteiger partial charge in [-0.25, -0.2) is 0 Å². The molecule has 3 heteroatoms. The lowest BCUT2D eigenvalue weighted by Crippen LogP contribution is -2.16. The molecule has 1 heterocycles. The second-order valence-corrected chi connectivity index (χ2v) is 5.20. The Balaban J connectivity index is 2.29. The molecule has 1 aromatic heterocycles. The van der Waals surface area contributed by atoms with Gasteiger partial charge in [0.15, 0.2) is 0 Å². The van der Waals surface area contributed by atoms with Crippen LogP contribution in [0.1, 0.15) is 30.4 Å². The van der Waals surface area contributed by atoms with E-state index in [4.69, 9.17) is 9.15 Å². The van der Waals surface area contributed by atoms with E-state index in [0.29, 0.717) is 22.5 Å². The third-order valence-corrected chi connectivity index (χ3v) is 3.94. The number of ether oxygens (including phenoxy) is 1. The molecule has 0 aliphatic rings. The third kappa shape index (κ3) is 2.39. The maximum atomic E-state index is 12.9. The largest absolute Gasteiger partial charge is 0.468 e. The van der Waals surface area contributed by atoms with Gasteiger partial charge in [-0.2, -0.15) is 0 Å². The van der Waals surface area contributed by atoms with Crippen molar-refractivity contribution in [1.29, 1.82) is 0 Å². The first-order chi connectivity index (χ1) is 10.8. The van der Waals surface area contributed by atoms with Crippen LogP contribution < -0.4 is 10.2 Å². The SMILES string of the molecule is CC[C@H](c1ccccc1)c1c(OC)oc2ccccc2c1=O. The first kappa shape index (κ1) is 14.4. The van der Waals surface area contributed by atoms with Crippen LogP contribution in [0.25, 0.3) is 11.0 Å². The van der Waals surface area contributed by atoms with Crippen molar-refractivity contribution < 1.29 is 9.15 Å². The number of rotatable bonds is 4. The van der Waals surface area contributed by atoms with Crippen LogP contribution in [0.3, 0.4) is 0 Å². The van der Waals surface area contributed by atoms with E-state index in [9.17, 15) is 4.79 Å². The van der Waals surface area contributed by atoms with Gasteiger partial charge in [0.05, 0.1) is 18.1 Å². The van der Waals surface area contributed by atoms with Gasteiger partial charge in [0.2, 0.25) is 5.43 Å². The first-order valence-corrected chi connectivity index (χ1v) is 7.41. The lowest BCUT2D eigenvalue weighted by molar-refractivity contribution is 0.302. The fraction of sp³-hybridized carbons (Fsp3) is 0.211. The lowest BCUT2D eigenvalue weighted by atomic mass is 9.89. The van der Waals surface area contributed by atoms with Crippen LogP contribution in [-0.4, -0.2) is 7.11 Å². The van der Waals surface area contributed by atoms with E-state index in [-0.39, 0.29) is 11.3 Å². The monoisotopic (exact) mass is 294 g/mol. The maximum absolute atomic E-state index is 12.9. The molecule has 3 aromatic rings. The van der Waals surface area contributed by atoms with E-state index in [1.165, 1.54) is 7.11 Å². The zero-order valence-corrected chi connectivity index (χ0v) is 12.7. The summed E-state index contributed by atoms with van der Waals surface area (Å²) in [7, 11) is 1.54. The minimum absolute atomic E-state index is 0.0191. The highest BCUT2D eigenvalue weighted by Gasteiger charge is 2.23. The molecular formula is C19H18O3. The van der Waals surface area contributed by atoms with Gasteiger partial charge in [-0.15, -0.1) is 0 Å². The normalized spacial score (nSPS) is 12.3. The summed E-state index contributed by atoms with van der Waals surface area (Å²) in [5, 5.41) is 0.590. The fourth-order valence-electron chi connectivity index (χ4n) is 2.88. The zero-order valence-electron chi connectivity index (χ0n) is 12.7. The molecule has 3 nitrogen and oxygen atoms in total. The topological polar surface area (TPSA) is 39.4 Å². The number of benzene rings is 2. The molecule has 0 saturated heterocycles. The van der Waals surface area contributed by atoms with E-state index < -0.39 is 0 Å². The standard InChI is InChI=1S/C19H18O3/c1-3-14(13-9-5-4-6-10-13)17-18(20)15-11-7-8-12-16(15)22-19(17)21-2/h4-12,14H,3H2,1-2H3/t14-/m1/s1. The van der Waals surface area contributed by atoms with Crippen molar-refractivity contribution >= 4 is 11.0 Å². The summed E-state index contributed by atoms with van der Waals surface area (Å²) in [4.78, 5) is 12.9. The maximum Gasteiger partial charge on any atom is 0.292 e. The molecule has 0 unspecified atom stereocenters. The smallest absolute Gasteiger partial charge is 0.292 e. The number of para-hydroxylation sites is 1. The Labute approximate surface area is 129 Å². The molecule has 0 amide bonds. The minimum atomic E-state index is -0.0444. The molecule has 0 aliphatic heterocycles. The van der Waals surface area contributed by atoms with Crippen molar-refractivity contribution in [2.24, 2.45) is 0 Å². The summed E-state index contributed by atoms with van der Waals surface area (Å²) in [6.45, 7) is 2.06. The second-order valence-electron chi connectivity index (χ2n) is 5.20. The Hall–Kier alpha value is -2.55. The van der Waals surface area contributed by atoms with E-state index in [2.05, 4.69) is 6.92 Å². The molecule has 0 fully saturated rings. The molecule has 2 aromatic carbocycles. The summed E-state index contributed by atoms with van der Waals surface area (Å²) >= 11 is 0. The van der Waals surface area contributed by atoms with Crippen molar-refractivity contribution in [1.82, 2.24) is 0 Å². The predicted molar refractivity (Wildman–Crippen MR) is 87.6 cm³/mol. The molecule has 0 radical (unpaired) electrons. The number of hydrogen-bond donors (Lipinski definition) is 0. The van der Waals surface area contributed by atoms with Crippen LogP contribution in [0.4, 0.5) is 0 Å². The van der Waals surface area contributed by atoms with Crippen LogP contribution in [0.2, 0.25) is 0 Å². The molecule has 3 rings (SSSR count). The lowest BCUT2D eigenvalue weighted by Gasteiger charge is -2.17. The Kier molecular flexibility index (Phi) is 3.96. The number of methoxy groups -OCH3 is 1. The molecule has 0 spiro atoms. The van der Waals surface area contributed by atoms with Crippen molar-refractivity contribution in [3.05, 3.63) is 75.9 Å². The summed E-state index contributed by atoms with van der Waals surface area (Å²) in [6.07, 6.45) is 0.795. The van der Waals surface area contributed by atoms with E-state index >= 15 is 0 Å². The Morgan fingerprint density at radius 1 is 1.05 bits per heavy atom. The van der Waals surface area contributed by atoms with Gasteiger partial charge in [-0.1, -0.05) is 49.4 Å². The molecule has 112 valence electrons. The van der Waals surface area contributed by atoms with Crippen LogP contribution in [0, 0.1) is 0 Å². The quantitative estimate of drug-likeness (QED) is 0.718. The first-order valence-electron chi connectivity index (χ1n) is 7.41. The molecule has 1 atom stereocenters. The molecule has 0 N–H and O–H groups in total. The molecule has 0 saturated carbocycles. The van der Waals surface area contributed by atoms with Crippen LogP contribution in [-0.2, 0) is 0 Å². The summed E-state index contributed by atoms with van der Waals surface area (Å²) in [5.74, 6) is 0.261. The second kappa shape index (κ2) is 6.06. The van der Waals surface area contributed by atoms with Crippen molar-refractivity contribution in [2.75, 3.05) is 7.11 Å². The predicted octanol–water partition coefficient (Wildman–Crippen LogP) is 4.34. The Morgan fingerprint density at radius 2 is 1.73 bits per heavy atom. The summed E-state index contributed by atoms with van der Waals surface area (Å²) in [6, 6.07) is 17.3. The van der Waals surface area contributed by atoms with Gasteiger partial charge < -0.3 is 9.15 Å². The Bertz CT molecular complexity index is 834. The van der Waals surface area contributed by atoms with Gasteiger partial charge in [0.1, 0.15) is 5.58 Å².